The van der Waals surface area contributed by atoms with Gasteiger partial charge >= 0.3 is 0 Å². The van der Waals surface area contributed by atoms with Gasteiger partial charge in [0.15, 0.2) is 5.78 Å². The Hall–Kier alpha value is -2.40. The summed E-state index contributed by atoms with van der Waals surface area (Å²) >= 11 is 0. The molecule has 144 valence electrons. The summed E-state index contributed by atoms with van der Waals surface area (Å²) in [5.74, 6) is 0.0572. The van der Waals surface area contributed by atoms with Gasteiger partial charge in [-0.05, 0) is 44.9 Å². The van der Waals surface area contributed by atoms with E-state index in [1.807, 2.05) is 12.1 Å². The van der Waals surface area contributed by atoms with Crippen molar-refractivity contribution in [3.05, 3.63) is 58.9 Å². The Labute approximate surface area is 159 Å². The van der Waals surface area contributed by atoms with Crippen molar-refractivity contribution < 1.29 is 18.7 Å². The van der Waals surface area contributed by atoms with Crippen LogP contribution in [-0.4, -0.2) is 32.7 Å². The summed E-state index contributed by atoms with van der Waals surface area (Å²) in [6.07, 6.45) is 1.65. The van der Waals surface area contributed by atoms with Gasteiger partial charge in [-0.15, -0.1) is 0 Å². The maximum atomic E-state index is 14.2. The molecule has 1 N–H and O–H groups in total. The summed E-state index contributed by atoms with van der Waals surface area (Å²) < 4.78 is 25.4. The largest absolute Gasteiger partial charge is 0.496 e. The molecule has 2 aromatic rings. The predicted molar refractivity (Wildman–Crippen MR) is 104 cm³/mol. The summed E-state index contributed by atoms with van der Waals surface area (Å²) in [5, 5.41) is 3.34. The zero-order valence-electron chi connectivity index (χ0n) is 16.1. The molecule has 0 spiro atoms. The highest BCUT2D eigenvalue weighted by Gasteiger charge is 2.37. The first-order chi connectivity index (χ1) is 13.0. The van der Waals surface area contributed by atoms with Crippen molar-refractivity contribution in [2.24, 2.45) is 0 Å². The zero-order chi connectivity index (χ0) is 19.4. The Balaban J connectivity index is 1.97. The van der Waals surface area contributed by atoms with E-state index in [1.165, 1.54) is 13.0 Å². The van der Waals surface area contributed by atoms with Gasteiger partial charge in [0, 0.05) is 36.4 Å². The van der Waals surface area contributed by atoms with E-state index in [-0.39, 0.29) is 16.8 Å². The van der Waals surface area contributed by atoms with Crippen LogP contribution in [0.5, 0.6) is 5.75 Å². The Kier molecular flexibility index (Phi) is 5.80. The lowest BCUT2D eigenvalue weighted by Crippen LogP contribution is -2.40. The first-order valence-electron chi connectivity index (χ1n) is 9.23. The standard InChI is InChI=1S/C22H26FNO3/c1-15-7-8-20(26-3)17(13-15)22(9-11-27-12-10-22)14-24-19-6-4-5-18(23)21(19)16(2)25/h4-8,13,24H,9-12,14H2,1-3H3. The second-order valence-corrected chi connectivity index (χ2v) is 7.17. The van der Waals surface area contributed by atoms with Crippen LogP contribution in [0.4, 0.5) is 10.1 Å². The molecule has 3 rings (SSSR count). The molecule has 0 amide bonds. The molecule has 1 fully saturated rings. The molecule has 1 aliphatic heterocycles. The molecule has 1 aliphatic rings. The number of carbonyl (C=O) groups excluding carboxylic acids is 1. The number of rotatable bonds is 6. The van der Waals surface area contributed by atoms with E-state index in [1.54, 1.807) is 19.2 Å². The van der Waals surface area contributed by atoms with Crippen molar-refractivity contribution in [3.63, 3.8) is 0 Å². The Bertz CT molecular complexity index is 828. The van der Waals surface area contributed by atoms with Crippen LogP contribution in [0.15, 0.2) is 36.4 Å². The number of ketones is 1. The highest BCUT2D eigenvalue weighted by atomic mass is 19.1. The van der Waals surface area contributed by atoms with Crippen LogP contribution in [0, 0.1) is 12.7 Å². The van der Waals surface area contributed by atoms with Crippen LogP contribution in [-0.2, 0) is 10.2 Å². The number of Topliss-reactive ketones (excluding diaryl/α,β-unsaturated/α-hetero) is 1. The molecule has 0 unspecified atom stereocenters. The van der Waals surface area contributed by atoms with Gasteiger partial charge in [-0.3, -0.25) is 4.79 Å². The van der Waals surface area contributed by atoms with Crippen molar-refractivity contribution in [2.75, 3.05) is 32.2 Å². The Morgan fingerprint density at radius 3 is 2.67 bits per heavy atom. The number of ether oxygens (including phenoxy) is 2. The third kappa shape index (κ3) is 3.98. The van der Waals surface area contributed by atoms with Crippen LogP contribution in [0.1, 0.15) is 41.3 Å². The summed E-state index contributed by atoms with van der Waals surface area (Å²) in [7, 11) is 1.68. The SMILES string of the molecule is COc1ccc(C)cc1C1(CNc2cccc(F)c2C(C)=O)CCOCC1. The predicted octanol–water partition coefficient (Wildman–Crippen LogP) is 4.51. The van der Waals surface area contributed by atoms with Gasteiger partial charge in [-0.2, -0.15) is 0 Å². The topological polar surface area (TPSA) is 47.6 Å². The summed E-state index contributed by atoms with van der Waals surface area (Å²) in [5.41, 5.74) is 2.71. The van der Waals surface area contributed by atoms with E-state index < -0.39 is 5.82 Å². The minimum Gasteiger partial charge on any atom is -0.496 e. The van der Waals surface area contributed by atoms with E-state index in [0.29, 0.717) is 25.4 Å². The molecule has 0 bridgehead atoms. The monoisotopic (exact) mass is 371 g/mol. The highest BCUT2D eigenvalue weighted by Crippen LogP contribution is 2.40. The number of anilines is 1. The van der Waals surface area contributed by atoms with Crippen LogP contribution in [0.25, 0.3) is 0 Å². The molecule has 0 aliphatic carbocycles. The summed E-state index contributed by atoms with van der Waals surface area (Å²) in [4.78, 5) is 11.9. The van der Waals surface area contributed by atoms with Gasteiger partial charge in [0.25, 0.3) is 0 Å². The molecule has 0 aromatic heterocycles. The summed E-state index contributed by atoms with van der Waals surface area (Å²) in [6, 6.07) is 10.9. The molecule has 4 nitrogen and oxygen atoms in total. The van der Waals surface area contributed by atoms with Gasteiger partial charge in [0.1, 0.15) is 11.6 Å². The third-order valence-electron chi connectivity index (χ3n) is 5.36. The highest BCUT2D eigenvalue weighted by molar-refractivity contribution is 5.99. The first kappa shape index (κ1) is 19.4. The molecule has 27 heavy (non-hydrogen) atoms. The number of aryl methyl sites for hydroxylation is 1. The molecule has 0 radical (unpaired) electrons. The molecule has 0 atom stereocenters. The fraction of sp³-hybridized carbons (Fsp3) is 0.409. The molecule has 1 saturated heterocycles. The number of halogens is 1. The Morgan fingerprint density at radius 2 is 2.00 bits per heavy atom. The smallest absolute Gasteiger partial charge is 0.164 e. The quantitative estimate of drug-likeness (QED) is 0.759. The van der Waals surface area contributed by atoms with Crippen LogP contribution in [0.2, 0.25) is 0 Å². The van der Waals surface area contributed by atoms with Crippen molar-refractivity contribution in [1.82, 2.24) is 0 Å². The van der Waals surface area contributed by atoms with Gasteiger partial charge in [0.2, 0.25) is 0 Å². The van der Waals surface area contributed by atoms with E-state index in [4.69, 9.17) is 9.47 Å². The normalized spacial score (nSPS) is 16.0. The van der Waals surface area contributed by atoms with Crippen molar-refractivity contribution in [2.45, 2.75) is 32.1 Å². The number of methoxy groups -OCH3 is 1. The number of benzene rings is 2. The molecule has 5 heteroatoms. The average molecular weight is 371 g/mol. The van der Waals surface area contributed by atoms with E-state index in [9.17, 15) is 9.18 Å². The van der Waals surface area contributed by atoms with E-state index in [0.717, 1.165) is 29.7 Å². The van der Waals surface area contributed by atoms with E-state index >= 15 is 0 Å². The minimum absolute atomic E-state index is 0.107. The Morgan fingerprint density at radius 1 is 1.26 bits per heavy atom. The fourth-order valence-corrected chi connectivity index (χ4v) is 3.83. The van der Waals surface area contributed by atoms with Gasteiger partial charge < -0.3 is 14.8 Å². The first-order valence-corrected chi connectivity index (χ1v) is 9.23. The second-order valence-electron chi connectivity index (χ2n) is 7.17. The fourth-order valence-electron chi connectivity index (χ4n) is 3.83. The lowest BCUT2D eigenvalue weighted by molar-refractivity contribution is 0.0535. The molecular weight excluding hydrogens is 345 g/mol. The van der Waals surface area contributed by atoms with Crippen LogP contribution in [0.3, 0.4) is 0 Å². The average Bonchev–Trinajstić information content (AvgIpc) is 2.67. The lowest BCUT2D eigenvalue weighted by Gasteiger charge is -2.39. The summed E-state index contributed by atoms with van der Waals surface area (Å²) in [6.45, 7) is 5.32. The zero-order valence-corrected chi connectivity index (χ0v) is 16.1. The number of carbonyl (C=O) groups is 1. The van der Waals surface area contributed by atoms with Crippen LogP contribution < -0.4 is 10.1 Å². The lowest BCUT2D eigenvalue weighted by atomic mass is 9.73. The maximum absolute atomic E-state index is 14.2. The van der Waals surface area contributed by atoms with Crippen molar-refractivity contribution in [3.8, 4) is 5.75 Å². The maximum Gasteiger partial charge on any atom is 0.164 e. The van der Waals surface area contributed by atoms with Crippen molar-refractivity contribution >= 4 is 11.5 Å². The van der Waals surface area contributed by atoms with Crippen LogP contribution >= 0.6 is 0 Å². The van der Waals surface area contributed by atoms with Crippen molar-refractivity contribution in [1.29, 1.82) is 0 Å². The van der Waals surface area contributed by atoms with E-state index in [2.05, 4.69) is 18.3 Å². The van der Waals surface area contributed by atoms with Gasteiger partial charge in [-0.25, -0.2) is 4.39 Å². The molecule has 0 saturated carbocycles. The number of nitrogens with one attached hydrogen (secondary N) is 1. The second kappa shape index (κ2) is 8.09. The molecular formula is C22H26FNO3. The molecule has 2 aromatic carbocycles. The van der Waals surface area contributed by atoms with Gasteiger partial charge in [-0.1, -0.05) is 23.8 Å². The third-order valence-corrected chi connectivity index (χ3v) is 5.36. The molecule has 1 heterocycles. The minimum atomic E-state index is -0.498. The number of hydrogen-bond acceptors (Lipinski definition) is 4. The van der Waals surface area contributed by atoms with Gasteiger partial charge in [0.05, 0.1) is 12.7 Å². The number of hydrogen-bond donors (Lipinski definition) is 1.